The summed E-state index contributed by atoms with van der Waals surface area (Å²) in [5, 5.41) is 0.508. The number of rotatable bonds is 4. The number of primary amides is 1. The highest BCUT2D eigenvalue weighted by Crippen LogP contribution is 2.47. The highest BCUT2D eigenvalue weighted by Gasteiger charge is 2.48. The first-order valence-electron chi connectivity index (χ1n) is 7.67. The second kappa shape index (κ2) is 6.20. The smallest absolute Gasteiger partial charge is 0.411 e. The molecule has 3 rings (SSSR count). The lowest BCUT2D eigenvalue weighted by molar-refractivity contribution is -0.124. The van der Waals surface area contributed by atoms with E-state index in [4.69, 9.17) is 22.1 Å². The summed E-state index contributed by atoms with van der Waals surface area (Å²) in [6.45, 7) is -0.0382. The fourth-order valence-corrected chi connectivity index (χ4v) is 3.60. The zero-order valence-electron chi connectivity index (χ0n) is 12.8. The Morgan fingerprint density at radius 1 is 1.38 bits per heavy atom. The number of alkyl halides is 2. The van der Waals surface area contributed by atoms with Crippen LogP contribution in [0.1, 0.15) is 30.9 Å². The van der Waals surface area contributed by atoms with Gasteiger partial charge in [0.25, 0.3) is 5.91 Å². The molecule has 0 spiro atoms. The molecule has 5 nitrogen and oxygen atoms in total. The predicted octanol–water partition coefficient (Wildman–Crippen LogP) is 3.12. The minimum absolute atomic E-state index is 0.0382. The molecule has 1 saturated heterocycles. The van der Waals surface area contributed by atoms with Crippen molar-refractivity contribution >= 4 is 23.6 Å². The van der Waals surface area contributed by atoms with Gasteiger partial charge in [0.05, 0.1) is 12.6 Å². The van der Waals surface area contributed by atoms with E-state index in [9.17, 15) is 18.4 Å². The van der Waals surface area contributed by atoms with E-state index in [1.54, 1.807) is 24.3 Å². The molecule has 0 radical (unpaired) electrons. The van der Waals surface area contributed by atoms with Crippen molar-refractivity contribution in [2.24, 2.45) is 11.7 Å². The summed E-state index contributed by atoms with van der Waals surface area (Å²) in [5.74, 6) is -3.93. The molecule has 8 heteroatoms. The highest BCUT2D eigenvalue weighted by molar-refractivity contribution is 6.30. The van der Waals surface area contributed by atoms with Gasteiger partial charge in [-0.05, 0) is 30.0 Å². The van der Waals surface area contributed by atoms with Crippen molar-refractivity contribution in [3.8, 4) is 0 Å². The standard InChI is InChI=1S/C16H17ClF2N2O3/c17-11-3-1-9(2-4-11)13(10-5-6-16(18,19)7-10)21-8-12(14(20)22)24-15(21)23/h1-4,10,12-13H,5-8H2,(H2,20,22)/t10-,12?,13+/m1/s1. The molecular formula is C16H17ClF2N2O3. The van der Waals surface area contributed by atoms with E-state index in [-0.39, 0.29) is 25.8 Å². The number of nitrogens with two attached hydrogens (primary N) is 1. The van der Waals surface area contributed by atoms with E-state index in [0.29, 0.717) is 10.6 Å². The van der Waals surface area contributed by atoms with Crippen LogP contribution in [-0.2, 0) is 9.53 Å². The van der Waals surface area contributed by atoms with Crippen LogP contribution in [0.5, 0.6) is 0 Å². The number of amides is 2. The largest absolute Gasteiger partial charge is 0.434 e. The maximum atomic E-state index is 13.7. The number of hydrogen-bond acceptors (Lipinski definition) is 3. The molecule has 1 heterocycles. The van der Waals surface area contributed by atoms with Crippen LogP contribution in [0.25, 0.3) is 0 Å². The Morgan fingerprint density at radius 2 is 2.04 bits per heavy atom. The summed E-state index contributed by atoms with van der Waals surface area (Å²) in [6, 6.07) is 6.09. The van der Waals surface area contributed by atoms with Crippen LogP contribution in [0.2, 0.25) is 5.02 Å². The van der Waals surface area contributed by atoms with Crippen molar-refractivity contribution in [2.45, 2.75) is 37.3 Å². The third-order valence-electron chi connectivity index (χ3n) is 4.59. The molecular weight excluding hydrogens is 342 g/mol. The molecule has 1 unspecified atom stereocenters. The first-order chi connectivity index (χ1) is 11.3. The Bertz CT molecular complexity index is 653. The van der Waals surface area contributed by atoms with Gasteiger partial charge in [0.2, 0.25) is 5.92 Å². The van der Waals surface area contributed by atoms with E-state index < -0.39 is 36.0 Å². The molecule has 2 fully saturated rings. The third-order valence-corrected chi connectivity index (χ3v) is 4.84. The highest BCUT2D eigenvalue weighted by atomic mass is 35.5. The average molecular weight is 359 g/mol. The van der Waals surface area contributed by atoms with Gasteiger partial charge in [-0.25, -0.2) is 13.6 Å². The zero-order chi connectivity index (χ0) is 17.5. The lowest BCUT2D eigenvalue weighted by Gasteiger charge is -2.31. The van der Waals surface area contributed by atoms with Gasteiger partial charge in [0, 0.05) is 17.9 Å². The van der Waals surface area contributed by atoms with Crippen LogP contribution >= 0.6 is 11.6 Å². The van der Waals surface area contributed by atoms with E-state index in [1.807, 2.05) is 0 Å². The molecule has 0 aromatic heterocycles. The minimum atomic E-state index is -2.75. The van der Waals surface area contributed by atoms with Crippen LogP contribution < -0.4 is 5.73 Å². The van der Waals surface area contributed by atoms with Crippen molar-refractivity contribution in [3.05, 3.63) is 34.9 Å². The van der Waals surface area contributed by atoms with E-state index in [0.717, 1.165) is 0 Å². The Morgan fingerprint density at radius 3 is 2.54 bits per heavy atom. The summed E-state index contributed by atoms with van der Waals surface area (Å²) in [7, 11) is 0. The lowest BCUT2D eigenvalue weighted by atomic mass is 9.90. The van der Waals surface area contributed by atoms with Gasteiger partial charge in [-0.2, -0.15) is 0 Å². The van der Waals surface area contributed by atoms with Crippen LogP contribution in [0.3, 0.4) is 0 Å². The van der Waals surface area contributed by atoms with Gasteiger partial charge in [0.1, 0.15) is 0 Å². The molecule has 0 bridgehead atoms. The molecule has 1 aliphatic carbocycles. The Kier molecular flexibility index (Phi) is 4.38. The number of nitrogens with zero attached hydrogens (tertiary/aromatic N) is 1. The second-order valence-corrected chi connectivity index (χ2v) is 6.72. The Labute approximate surface area is 142 Å². The zero-order valence-corrected chi connectivity index (χ0v) is 13.5. The number of hydrogen-bond donors (Lipinski definition) is 1. The van der Waals surface area contributed by atoms with Gasteiger partial charge in [-0.15, -0.1) is 0 Å². The van der Waals surface area contributed by atoms with Gasteiger partial charge >= 0.3 is 6.09 Å². The van der Waals surface area contributed by atoms with Crippen LogP contribution in [-0.4, -0.2) is 35.5 Å². The Balaban J connectivity index is 1.92. The summed E-state index contributed by atoms with van der Waals surface area (Å²) < 4.78 is 32.4. The summed E-state index contributed by atoms with van der Waals surface area (Å²) in [5.41, 5.74) is 5.88. The SMILES string of the molecule is NC(=O)C1CN([C@@H](c2ccc(Cl)cc2)[C@@H]2CCC(F)(F)C2)C(=O)O1. The van der Waals surface area contributed by atoms with Crippen LogP contribution in [0, 0.1) is 5.92 Å². The fraction of sp³-hybridized carbons (Fsp3) is 0.500. The maximum Gasteiger partial charge on any atom is 0.411 e. The van der Waals surface area contributed by atoms with Crippen molar-refractivity contribution in [1.29, 1.82) is 0 Å². The molecule has 2 N–H and O–H groups in total. The van der Waals surface area contributed by atoms with Crippen molar-refractivity contribution in [1.82, 2.24) is 4.90 Å². The number of cyclic esters (lactones) is 1. The molecule has 3 atom stereocenters. The van der Waals surface area contributed by atoms with E-state index in [1.165, 1.54) is 4.90 Å². The number of ether oxygens (including phenoxy) is 1. The molecule has 1 aliphatic heterocycles. The fourth-order valence-electron chi connectivity index (χ4n) is 3.48. The van der Waals surface area contributed by atoms with Gasteiger partial charge in [0.15, 0.2) is 6.10 Å². The quantitative estimate of drug-likeness (QED) is 0.898. The number of carbonyl (C=O) groups excluding carboxylic acids is 2. The molecule has 1 aromatic rings. The maximum absolute atomic E-state index is 13.7. The molecule has 1 saturated carbocycles. The summed E-state index contributed by atoms with van der Waals surface area (Å²) in [6.07, 6.45) is -2.02. The molecule has 130 valence electrons. The number of benzene rings is 1. The summed E-state index contributed by atoms with van der Waals surface area (Å²) in [4.78, 5) is 24.8. The topological polar surface area (TPSA) is 72.6 Å². The molecule has 24 heavy (non-hydrogen) atoms. The number of carbonyl (C=O) groups is 2. The van der Waals surface area contributed by atoms with Crippen LogP contribution in [0.4, 0.5) is 13.6 Å². The normalized spacial score (nSPS) is 27.1. The monoisotopic (exact) mass is 358 g/mol. The van der Waals surface area contributed by atoms with Crippen molar-refractivity contribution in [2.75, 3.05) is 6.54 Å². The first kappa shape index (κ1) is 17.0. The predicted molar refractivity (Wildman–Crippen MR) is 82.7 cm³/mol. The van der Waals surface area contributed by atoms with Gasteiger partial charge in [-0.3, -0.25) is 9.69 Å². The van der Waals surface area contributed by atoms with Gasteiger partial charge < -0.3 is 10.5 Å². The summed E-state index contributed by atoms with van der Waals surface area (Å²) >= 11 is 5.89. The molecule has 2 amide bonds. The molecule has 2 aliphatic rings. The number of halogens is 3. The first-order valence-corrected chi connectivity index (χ1v) is 8.04. The minimum Gasteiger partial charge on any atom is -0.434 e. The van der Waals surface area contributed by atoms with Gasteiger partial charge in [-0.1, -0.05) is 23.7 Å². The Hall–Kier alpha value is -1.89. The third kappa shape index (κ3) is 3.31. The van der Waals surface area contributed by atoms with Crippen LogP contribution in [0.15, 0.2) is 24.3 Å². The van der Waals surface area contributed by atoms with Crippen molar-refractivity contribution < 1.29 is 23.1 Å². The second-order valence-electron chi connectivity index (χ2n) is 6.28. The lowest BCUT2D eigenvalue weighted by Crippen LogP contribution is -2.37. The van der Waals surface area contributed by atoms with Crippen molar-refractivity contribution in [3.63, 3.8) is 0 Å². The van der Waals surface area contributed by atoms with E-state index >= 15 is 0 Å². The van der Waals surface area contributed by atoms with E-state index in [2.05, 4.69) is 0 Å². The molecule has 1 aromatic carbocycles. The average Bonchev–Trinajstić information content (AvgIpc) is 3.05.